The lowest BCUT2D eigenvalue weighted by Gasteiger charge is -2.17. The lowest BCUT2D eigenvalue weighted by Crippen LogP contribution is -2.16. The summed E-state index contributed by atoms with van der Waals surface area (Å²) in [5.41, 5.74) is 0.555. The van der Waals surface area contributed by atoms with Gasteiger partial charge in [-0.05, 0) is 37.1 Å². The van der Waals surface area contributed by atoms with E-state index in [0.717, 1.165) is 0 Å². The van der Waals surface area contributed by atoms with Gasteiger partial charge in [0.1, 0.15) is 0 Å². The number of hydrogen-bond acceptors (Lipinski definition) is 2. The third-order valence-electron chi connectivity index (χ3n) is 2.89. The van der Waals surface area contributed by atoms with Gasteiger partial charge in [-0.2, -0.15) is 0 Å². The molecule has 1 N–H and O–H groups in total. The number of halogens is 3. The predicted molar refractivity (Wildman–Crippen MR) is 95.1 cm³/mol. The number of carbonyl (C=O) groups excluding carboxylic acids is 1. The lowest BCUT2D eigenvalue weighted by molar-refractivity contribution is 0.101. The lowest BCUT2D eigenvalue weighted by atomic mass is 10.1. The molecule has 1 atom stereocenters. The maximum Gasteiger partial charge on any atom is 0.163 e. The first kappa shape index (κ1) is 17.2. The first-order chi connectivity index (χ1) is 10.2. The van der Waals surface area contributed by atoms with Crippen molar-refractivity contribution in [1.29, 1.82) is 0 Å². The van der Waals surface area contributed by atoms with Gasteiger partial charge in [-0.3, -0.25) is 4.79 Å². The summed E-state index contributed by atoms with van der Waals surface area (Å²) >= 11 is 18.2. The zero-order chi connectivity index (χ0) is 16.5. The Morgan fingerprint density at radius 3 is 2.09 bits per heavy atom. The van der Waals surface area contributed by atoms with E-state index in [9.17, 15) is 9.00 Å². The van der Waals surface area contributed by atoms with E-state index in [4.69, 9.17) is 34.8 Å². The summed E-state index contributed by atoms with van der Waals surface area (Å²) in [7, 11) is -3.07. The fraction of sp³-hybridized carbons (Fsp3) is 0.0667. The highest BCUT2D eigenvalue weighted by Gasteiger charge is 2.19. The Kier molecular flexibility index (Phi) is 5.07. The number of nitrogens with one attached hydrogen (secondary N) is 1. The van der Waals surface area contributed by atoms with Gasteiger partial charge >= 0.3 is 0 Å². The molecule has 0 bridgehead atoms. The third-order valence-corrected chi connectivity index (χ3v) is 5.71. The topological polar surface area (TPSA) is 46.2 Å². The molecule has 0 heterocycles. The van der Waals surface area contributed by atoms with Gasteiger partial charge < -0.3 is 4.72 Å². The molecule has 22 heavy (non-hydrogen) atoms. The van der Waals surface area contributed by atoms with E-state index in [0.29, 0.717) is 5.69 Å². The normalized spacial score (nSPS) is 13.5. The second kappa shape index (κ2) is 6.50. The van der Waals surface area contributed by atoms with Crippen LogP contribution in [0.3, 0.4) is 0 Å². The number of rotatable bonds is 4. The van der Waals surface area contributed by atoms with E-state index < -0.39 is 9.71 Å². The zero-order valence-corrected chi connectivity index (χ0v) is 14.6. The highest BCUT2D eigenvalue weighted by atomic mass is 35.5. The zero-order valence-electron chi connectivity index (χ0n) is 11.5. The van der Waals surface area contributed by atoms with Gasteiger partial charge in [-0.15, -0.1) is 0 Å². The van der Waals surface area contributed by atoms with Crippen LogP contribution in [0.1, 0.15) is 17.3 Å². The Bertz CT molecular complexity index is 828. The van der Waals surface area contributed by atoms with Crippen molar-refractivity contribution in [1.82, 2.24) is 0 Å². The number of benzene rings is 2. The minimum Gasteiger partial charge on any atom is -0.308 e. The molecule has 1 unspecified atom stereocenters. The Labute approximate surface area is 144 Å². The van der Waals surface area contributed by atoms with Crippen molar-refractivity contribution in [3.8, 4) is 0 Å². The quantitative estimate of drug-likeness (QED) is 0.606. The summed E-state index contributed by atoms with van der Waals surface area (Å²) in [4.78, 5) is 11.9. The van der Waals surface area contributed by atoms with Crippen molar-refractivity contribution >= 4 is 61.9 Å². The smallest absolute Gasteiger partial charge is 0.163 e. The number of hydrogen-bond donors (Lipinski definition) is 1. The molecule has 2 aromatic carbocycles. The van der Waals surface area contributed by atoms with Crippen molar-refractivity contribution < 1.29 is 9.00 Å². The molecule has 7 heteroatoms. The number of carbonyl (C=O) groups is 1. The highest BCUT2D eigenvalue weighted by Crippen LogP contribution is 2.32. The van der Waals surface area contributed by atoms with Gasteiger partial charge in [0.05, 0.1) is 40.9 Å². The molecular formula is C15H12Cl3NO2S. The summed E-state index contributed by atoms with van der Waals surface area (Å²) in [6.45, 7) is 1.37. The van der Waals surface area contributed by atoms with Crippen LogP contribution in [0.2, 0.25) is 15.1 Å². The van der Waals surface area contributed by atoms with Crippen LogP contribution in [0.5, 0.6) is 0 Å². The van der Waals surface area contributed by atoms with Crippen LogP contribution >= 0.6 is 34.8 Å². The molecule has 0 aliphatic heterocycles. The molecule has 2 rings (SSSR count). The molecule has 0 saturated carbocycles. The van der Waals surface area contributed by atoms with E-state index in [-0.39, 0.29) is 31.3 Å². The van der Waals surface area contributed by atoms with Gasteiger partial charge in [0.2, 0.25) is 0 Å². The maximum absolute atomic E-state index is 12.9. The Morgan fingerprint density at radius 1 is 1.05 bits per heavy atom. The minimum atomic E-state index is -3.07. The van der Waals surface area contributed by atoms with Crippen LogP contribution in [0.25, 0.3) is 0 Å². The molecule has 0 aromatic heterocycles. The summed E-state index contributed by atoms with van der Waals surface area (Å²) in [5.74, 6) is 3.42. The minimum absolute atomic E-state index is 0.188. The van der Waals surface area contributed by atoms with Gasteiger partial charge in [-0.1, -0.05) is 46.9 Å². The van der Waals surface area contributed by atoms with Gasteiger partial charge in [0.25, 0.3) is 0 Å². The summed E-state index contributed by atoms with van der Waals surface area (Å²) in [5, 5.41) is 0.718. The predicted octanol–water partition coefficient (Wildman–Crippen LogP) is 4.95. The molecule has 0 amide bonds. The molecule has 0 fully saturated rings. The van der Waals surface area contributed by atoms with E-state index in [1.807, 2.05) is 0 Å². The van der Waals surface area contributed by atoms with E-state index in [1.165, 1.54) is 6.92 Å². The number of ketones is 1. The first-order valence-corrected chi connectivity index (χ1v) is 8.98. The maximum atomic E-state index is 12.9. The van der Waals surface area contributed by atoms with Crippen LogP contribution in [0, 0.1) is 0 Å². The van der Waals surface area contributed by atoms with Crippen molar-refractivity contribution in [2.45, 2.75) is 11.8 Å². The largest absolute Gasteiger partial charge is 0.308 e. The van der Waals surface area contributed by atoms with Gasteiger partial charge in [0, 0.05) is 0 Å². The van der Waals surface area contributed by atoms with Crippen LogP contribution < -0.4 is 4.72 Å². The number of Topliss-reactive ketones (excluding diaryl/α,β-unsaturated/α-hetero) is 1. The van der Waals surface area contributed by atoms with Crippen molar-refractivity contribution in [2.75, 3.05) is 4.72 Å². The van der Waals surface area contributed by atoms with Crippen LogP contribution in [-0.2, 0) is 9.71 Å². The molecular weight excluding hydrogens is 365 g/mol. The van der Waals surface area contributed by atoms with E-state index in [1.54, 1.807) is 36.4 Å². The van der Waals surface area contributed by atoms with Crippen LogP contribution in [-0.4, -0.2) is 15.9 Å². The molecule has 0 aliphatic carbocycles. The molecule has 2 aromatic rings. The highest BCUT2D eigenvalue weighted by molar-refractivity contribution is 8.01. The molecule has 0 radical (unpaired) electrons. The van der Waals surface area contributed by atoms with E-state index >= 15 is 0 Å². The molecule has 0 spiro atoms. The summed E-state index contributed by atoms with van der Waals surface area (Å²) < 4.78 is 15.7. The Balaban J connectivity index is 2.56. The monoisotopic (exact) mass is 375 g/mol. The summed E-state index contributed by atoms with van der Waals surface area (Å²) in [6.07, 6.45) is 0. The molecule has 0 aliphatic rings. The molecule has 116 valence electrons. The fourth-order valence-electron chi connectivity index (χ4n) is 1.99. The standard InChI is InChI=1S/C15H12Cl3NO2S/c1-9(20)14-10(16)5-4-8-13(14)19-22(2,21)15-11(17)6-3-7-12(15)18/h3-8H,2H2,1H3,(H,19,21). The van der Waals surface area contributed by atoms with Crippen LogP contribution in [0.15, 0.2) is 41.3 Å². The Morgan fingerprint density at radius 2 is 1.55 bits per heavy atom. The average Bonchev–Trinajstić information content (AvgIpc) is 2.36. The van der Waals surface area contributed by atoms with Crippen molar-refractivity contribution in [3.05, 3.63) is 57.0 Å². The fourth-order valence-corrected chi connectivity index (χ4v) is 4.84. The molecule has 0 saturated heterocycles. The van der Waals surface area contributed by atoms with Crippen molar-refractivity contribution in [2.24, 2.45) is 0 Å². The van der Waals surface area contributed by atoms with E-state index in [2.05, 4.69) is 10.6 Å². The second-order valence-electron chi connectivity index (χ2n) is 4.55. The van der Waals surface area contributed by atoms with Crippen molar-refractivity contribution in [3.63, 3.8) is 0 Å². The first-order valence-electron chi connectivity index (χ1n) is 6.12. The van der Waals surface area contributed by atoms with Gasteiger partial charge in [0.15, 0.2) is 5.78 Å². The average molecular weight is 377 g/mol. The van der Waals surface area contributed by atoms with Crippen LogP contribution in [0.4, 0.5) is 5.69 Å². The second-order valence-corrected chi connectivity index (χ2v) is 7.73. The molecule has 3 nitrogen and oxygen atoms in total. The SMILES string of the molecule is C=S(=O)(Nc1cccc(Cl)c1C(C)=O)c1c(Cl)cccc1Cl. The summed E-state index contributed by atoms with van der Waals surface area (Å²) in [6, 6.07) is 9.60. The van der Waals surface area contributed by atoms with Gasteiger partial charge in [-0.25, -0.2) is 4.21 Å². The number of anilines is 1. The Hall–Kier alpha value is -1.20. The third kappa shape index (κ3) is 3.41.